The number of ketones is 1. The van der Waals surface area contributed by atoms with Crippen LogP contribution in [0.2, 0.25) is 0 Å². The van der Waals surface area contributed by atoms with Gasteiger partial charge >= 0.3 is 6.03 Å². The Morgan fingerprint density at radius 3 is 2.50 bits per heavy atom. The van der Waals surface area contributed by atoms with Gasteiger partial charge in [-0.15, -0.1) is 0 Å². The summed E-state index contributed by atoms with van der Waals surface area (Å²) in [6.45, 7) is 1.55. The molecule has 192 valence electrons. The number of ether oxygens (including phenoxy) is 1. The van der Waals surface area contributed by atoms with Gasteiger partial charge in [0.05, 0.1) is 19.1 Å². The highest BCUT2D eigenvalue weighted by molar-refractivity contribution is 5.84. The third-order valence-electron chi connectivity index (χ3n) is 7.23. The zero-order chi connectivity index (χ0) is 26.1. The average Bonchev–Trinajstić information content (AvgIpc) is 3.40. The van der Waals surface area contributed by atoms with Gasteiger partial charge in [-0.2, -0.15) is 0 Å². The minimum Gasteiger partial charge on any atom is -0.491 e. The summed E-state index contributed by atoms with van der Waals surface area (Å²) in [5.41, 5.74) is 4.77. The number of rotatable bonds is 3. The topological polar surface area (TPSA) is 78.5 Å². The number of nitrogens with one attached hydrogen (secondary N) is 1. The van der Waals surface area contributed by atoms with Gasteiger partial charge in [0.25, 0.3) is 0 Å². The van der Waals surface area contributed by atoms with Crippen LogP contribution in [0.3, 0.4) is 0 Å². The van der Waals surface area contributed by atoms with Crippen LogP contribution in [0.4, 0.5) is 9.18 Å². The number of urea groups is 1. The van der Waals surface area contributed by atoms with Gasteiger partial charge in [0.1, 0.15) is 29.8 Å². The molecule has 1 fully saturated rings. The highest BCUT2D eigenvalue weighted by atomic mass is 19.1. The number of likely N-dealkylation sites (tertiary alicyclic amines) is 1. The summed E-state index contributed by atoms with van der Waals surface area (Å²) in [5.74, 6) is 1.34. The first-order valence-electron chi connectivity index (χ1n) is 12.7. The molecule has 7 nitrogen and oxygen atoms in total. The molecular formula is C30H27FN4O3. The minimum atomic E-state index is -0.410. The number of aromatic amines is 1. The maximum absolute atomic E-state index is 13.8. The van der Waals surface area contributed by atoms with E-state index < -0.39 is 6.04 Å². The van der Waals surface area contributed by atoms with Crippen molar-refractivity contribution in [2.45, 2.75) is 25.4 Å². The molecule has 0 bridgehead atoms. The van der Waals surface area contributed by atoms with Crippen molar-refractivity contribution in [1.29, 1.82) is 0 Å². The Bertz CT molecular complexity index is 1450. The fourth-order valence-electron chi connectivity index (χ4n) is 5.20. The molecule has 0 spiro atoms. The molecule has 2 amide bonds. The predicted octanol–water partition coefficient (Wildman–Crippen LogP) is 5.60. The number of piperidine rings is 1. The van der Waals surface area contributed by atoms with Crippen molar-refractivity contribution in [1.82, 2.24) is 19.8 Å². The molecule has 4 aromatic rings. The van der Waals surface area contributed by atoms with Crippen LogP contribution < -0.4 is 4.74 Å². The molecule has 2 aliphatic heterocycles. The van der Waals surface area contributed by atoms with Crippen LogP contribution in [0.25, 0.3) is 22.5 Å². The maximum Gasteiger partial charge on any atom is 0.320 e. The van der Waals surface area contributed by atoms with E-state index in [4.69, 9.17) is 4.74 Å². The maximum atomic E-state index is 13.8. The van der Waals surface area contributed by atoms with Gasteiger partial charge in [-0.3, -0.25) is 4.79 Å². The van der Waals surface area contributed by atoms with Gasteiger partial charge in [-0.25, -0.2) is 14.2 Å². The monoisotopic (exact) mass is 510 g/mol. The fourth-order valence-corrected chi connectivity index (χ4v) is 5.20. The van der Waals surface area contributed by atoms with E-state index in [0.29, 0.717) is 32.7 Å². The van der Waals surface area contributed by atoms with Crippen LogP contribution in [-0.2, 0) is 11.3 Å². The largest absolute Gasteiger partial charge is 0.491 e. The Morgan fingerprint density at radius 2 is 1.74 bits per heavy atom. The van der Waals surface area contributed by atoms with Crippen LogP contribution in [0.1, 0.15) is 30.0 Å². The number of nitrogens with zero attached hydrogens (tertiary/aromatic N) is 3. The number of Topliss-reactive ketones (excluding diaryl/α,β-unsaturated/α-hetero) is 1. The second-order valence-corrected chi connectivity index (χ2v) is 9.64. The number of carbonyl (C=O) groups excluding carboxylic acids is 2. The molecule has 0 aliphatic carbocycles. The molecule has 3 heterocycles. The number of benzene rings is 3. The lowest BCUT2D eigenvalue weighted by atomic mass is 9.94. The number of aromatic nitrogens is 2. The Kier molecular flexibility index (Phi) is 6.37. The molecule has 0 saturated carbocycles. The quantitative estimate of drug-likeness (QED) is 0.389. The summed E-state index contributed by atoms with van der Waals surface area (Å²) < 4.78 is 19.5. The average molecular weight is 511 g/mol. The highest BCUT2D eigenvalue weighted by Crippen LogP contribution is 2.33. The number of amides is 2. The van der Waals surface area contributed by atoms with Gasteiger partial charge in [-0.1, -0.05) is 42.5 Å². The van der Waals surface area contributed by atoms with E-state index in [1.807, 2.05) is 24.3 Å². The predicted molar refractivity (Wildman–Crippen MR) is 141 cm³/mol. The summed E-state index contributed by atoms with van der Waals surface area (Å²) in [7, 11) is 0. The van der Waals surface area contributed by atoms with Crippen LogP contribution in [0.5, 0.6) is 5.75 Å². The summed E-state index contributed by atoms with van der Waals surface area (Å²) in [5, 5.41) is 0. The minimum absolute atomic E-state index is 0.107. The van der Waals surface area contributed by atoms with E-state index >= 15 is 0 Å². The van der Waals surface area contributed by atoms with E-state index in [0.717, 1.165) is 39.4 Å². The summed E-state index contributed by atoms with van der Waals surface area (Å²) >= 11 is 0. The molecule has 38 heavy (non-hydrogen) atoms. The number of hydrogen-bond donors (Lipinski definition) is 1. The van der Waals surface area contributed by atoms with Crippen molar-refractivity contribution in [3.8, 4) is 28.3 Å². The lowest BCUT2D eigenvalue weighted by Crippen LogP contribution is -2.48. The zero-order valence-electron chi connectivity index (χ0n) is 20.8. The van der Waals surface area contributed by atoms with Gasteiger partial charge < -0.3 is 19.5 Å². The first-order chi connectivity index (χ1) is 18.5. The molecule has 0 radical (unpaired) electrons. The Labute approximate surface area is 219 Å². The third-order valence-corrected chi connectivity index (χ3v) is 7.23. The second kappa shape index (κ2) is 10.1. The van der Waals surface area contributed by atoms with Crippen molar-refractivity contribution < 1.29 is 18.7 Å². The van der Waals surface area contributed by atoms with E-state index in [-0.39, 0.29) is 24.1 Å². The standard InChI is InChI=1S/C30H27FN4O3/c31-25-8-5-21(6-9-25)27-18-26(36)11-14-35(27)30(37)34-15-16-38-28-10-7-23(17-24(28)19-34)20-1-3-22(4-2-20)29-32-12-13-33-29/h1-10,12-13,17,27H,11,14-16,18-19H2,(H,32,33)/t27-/m0/s1. The molecule has 1 saturated heterocycles. The van der Waals surface area contributed by atoms with Crippen molar-refractivity contribution >= 4 is 11.8 Å². The van der Waals surface area contributed by atoms with Gasteiger partial charge in [0.15, 0.2) is 0 Å². The molecule has 0 unspecified atom stereocenters. The number of imidazole rings is 1. The highest BCUT2D eigenvalue weighted by Gasteiger charge is 2.35. The third kappa shape index (κ3) is 4.77. The van der Waals surface area contributed by atoms with Gasteiger partial charge in [0.2, 0.25) is 0 Å². The van der Waals surface area contributed by atoms with Crippen LogP contribution >= 0.6 is 0 Å². The molecule has 1 N–H and O–H groups in total. The smallest absolute Gasteiger partial charge is 0.320 e. The Morgan fingerprint density at radius 1 is 0.974 bits per heavy atom. The van der Waals surface area contributed by atoms with Crippen molar-refractivity contribution in [3.05, 3.63) is 96.1 Å². The molecule has 1 atom stereocenters. The molecule has 3 aromatic carbocycles. The first kappa shape index (κ1) is 23.9. The van der Waals surface area contributed by atoms with E-state index in [1.54, 1.807) is 34.3 Å². The number of hydrogen-bond acceptors (Lipinski definition) is 4. The molecule has 6 rings (SSSR count). The van der Waals surface area contributed by atoms with Gasteiger partial charge in [0, 0.05) is 42.9 Å². The molecular weight excluding hydrogens is 483 g/mol. The Balaban J connectivity index is 1.24. The molecule has 1 aromatic heterocycles. The van der Waals surface area contributed by atoms with Crippen LogP contribution in [0, 0.1) is 5.82 Å². The Hall–Kier alpha value is -4.46. The van der Waals surface area contributed by atoms with E-state index in [2.05, 4.69) is 28.2 Å². The summed E-state index contributed by atoms with van der Waals surface area (Å²) in [6.07, 6.45) is 4.08. The fraction of sp³-hybridized carbons (Fsp3) is 0.233. The summed E-state index contributed by atoms with van der Waals surface area (Å²) in [4.78, 5) is 37.0. The molecule has 8 heteroatoms. The summed E-state index contributed by atoms with van der Waals surface area (Å²) in [6, 6.07) is 19.7. The SMILES string of the molecule is O=C1CCN(C(=O)N2CCOc3ccc(-c4ccc(-c5ncc[nH]5)cc4)cc3C2)[C@H](c2ccc(F)cc2)C1. The number of H-pyrrole nitrogens is 1. The number of carbonyl (C=O) groups is 2. The van der Waals surface area contributed by atoms with E-state index in [1.165, 1.54) is 12.1 Å². The van der Waals surface area contributed by atoms with Crippen molar-refractivity contribution in [3.63, 3.8) is 0 Å². The van der Waals surface area contributed by atoms with Gasteiger partial charge in [-0.05, 0) is 41.0 Å². The lowest BCUT2D eigenvalue weighted by Gasteiger charge is -2.38. The number of halogens is 1. The first-order valence-corrected chi connectivity index (χ1v) is 12.7. The van der Waals surface area contributed by atoms with Crippen molar-refractivity contribution in [2.75, 3.05) is 19.7 Å². The zero-order valence-corrected chi connectivity index (χ0v) is 20.8. The normalized spacial score (nSPS) is 17.5. The van der Waals surface area contributed by atoms with Crippen LogP contribution in [0.15, 0.2) is 79.1 Å². The van der Waals surface area contributed by atoms with E-state index in [9.17, 15) is 14.0 Å². The van der Waals surface area contributed by atoms with Crippen molar-refractivity contribution in [2.24, 2.45) is 0 Å². The lowest BCUT2D eigenvalue weighted by molar-refractivity contribution is -0.122. The number of fused-ring (bicyclic) bond motifs is 1. The molecule has 2 aliphatic rings. The van der Waals surface area contributed by atoms with Crippen LogP contribution in [-0.4, -0.2) is 51.3 Å². The second-order valence-electron chi connectivity index (χ2n) is 9.64.